The molecule has 6 heteroatoms. The lowest BCUT2D eigenvalue weighted by molar-refractivity contribution is -0.385. The van der Waals surface area contributed by atoms with E-state index in [1.165, 1.54) is 6.07 Å². The van der Waals surface area contributed by atoms with Crippen LogP contribution in [0.2, 0.25) is 0 Å². The van der Waals surface area contributed by atoms with Gasteiger partial charge in [0.15, 0.2) is 0 Å². The van der Waals surface area contributed by atoms with Gasteiger partial charge >= 0.3 is 0 Å². The zero-order valence-corrected chi connectivity index (χ0v) is 11.7. The molecule has 1 N–H and O–H groups in total. The minimum absolute atomic E-state index is 0.0871. The second kappa shape index (κ2) is 5.34. The van der Waals surface area contributed by atoms with Crippen molar-refractivity contribution in [3.63, 3.8) is 0 Å². The molecule has 1 unspecified atom stereocenters. The third kappa shape index (κ3) is 3.07. The summed E-state index contributed by atoms with van der Waals surface area (Å²) >= 11 is 3.34. The molecule has 0 aliphatic carbocycles. The summed E-state index contributed by atoms with van der Waals surface area (Å²) < 4.78 is 6.19. The Morgan fingerprint density at radius 2 is 2.39 bits per heavy atom. The summed E-state index contributed by atoms with van der Waals surface area (Å²) in [7, 11) is 0. The van der Waals surface area contributed by atoms with Gasteiger partial charge in [-0.1, -0.05) is 15.9 Å². The van der Waals surface area contributed by atoms with Crippen LogP contribution in [0.1, 0.15) is 18.9 Å². The topological polar surface area (TPSA) is 64.4 Å². The van der Waals surface area contributed by atoms with Crippen LogP contribution in [-0.4, -0.2) is 23.7 Å². The first-order valence-electron chi connectivity index (χ1n) is 5.76. The van der Waals surface area contributed by atoms with Crippen molar-refractivity contribution in [2.24, 2.45) is 0 Å². The first-order chi connectivity index (χ1) is 8.50. The van der Waals surface area contributed by atoms with Gasteiger partial charge in [0.2, 0.25) is 0 Å². The maximum atomic E-state index is 10.9. The second-order valence-electron chi connectivity index (χ2n) is 4.75. The highest BCUT2D eigenvalue weighted by atomic mass is 79.9. The lowest BCUT2D eigenvalue weighted by atomic mass is 10.0. The summed E-state index contributed by atoms with van der Waals surface area (Å²) in [4.78, 5) is 10.6. The monoisotopic (exact) mass is 314 g/mol. The Kier molecular flexibility index (Phi) is 3.99. The molecule has 1 fully saturated rings. The molecule has 1 saturated heterocycles. The molecule has 2 rings (SSSR count). The minimum atomic E-state index is -0.350. The molecule has 0 radical (unpaired) electrons. The summed E-state index contributed by atoms with van der Waals surface area (Å²) in [5, 5.41) is 14.3. The molecule has 1 aliphatic heterocycles. The van der Waals surface area contributed by atoms with Gasteiger partial charge in [-0.2, -0.15) is 0 Å². The number of hydrogen-bond donors (Lipinski definition) is 1. The van der Waals surface area contributed by atoms with Gasteiger partial charge < -0.3 is 10.1 Å². The van der Waals surface area contributed by atoms with Crippen LogP contribution in [-0.2, 0) is 11.3 Å². The van der Waals surface area contributed by atoms with Crippen molar-refractivity contribution in [3.05, 3.63) is 38.3 Å². The van der Waals surface area contributed by atoms with Gasteiger partial charge in [-0.05, 0) is 25.5 Å². The van der Waals surface area contributed by atoms with E-state index in [0.29, 0.717) is 18.7 Å². The van der Waals surface area contributed by atoms with Crippen LogP contribution in [0.5, 0.6) is 0 Å². The molecule has 0 spiro atoms. The predicted molar refractivity (Wildman–Crippen MR) is 71.5 cm³/mol. The molecular weight excluding hydrogens is 300 g/mol. The van der Waals surface area contributed by atoms with E-state index < -0.39 is 0 Å². The van der Waals surface area contributed by atoms with Crippen molar-refractivity contribution in [1.82, 2.24) is 5.32 Å². The Hall–Kier alpha value is -0.980. The van der Waals surface area contributed by atoms with Crippen LogP contribution in [0.4, 0.5) is 5.69 Å². The molecule has 0 amide bonds. The minimum Gasteiger partial charge on any atom is -0.379 e. The maximum absolute atomic E-state index is 10.9. The van der Waals surface area contributed by atoms with Crippen molar-refractivity contribution in [2.75, 3.05) is 13.2 Å². The number of nitrogens with one attached hydrogen (secondary N) is 1. The van der Waals surface area contributed by atoms with Gasteiger partial charge in [-0.25, -0.2) is 0 Å². The third-order valence-electron chi connectivity index (χ3n) is 3.16. The van der Waals surface area contributed by atoms with Crippen molar-refractivity contribution in [1.29, 1.82) is 0 Å². The first kappa shape index (κ1) is 13.5. The standard InChI is InChI=1S/C12H15BrN2O3/c1-12(4-5-18-8-12)14-7-9-6-10(13)2-3-11(9)15(16)17/h2-3,6,14H,4-5,7-8H2,1H3. The average Bonchev–Trinajstić information content (AvgIpc) is 2.74. The number of halogens is 1. The lowest BCUT2D eigenvalue weighted by Crippen LogP contribution is -2.42. The van der Waals surface area contributed by atoms with E-state index in [0.717, 1.165) is 17.5 Å². The quantitative estimate of drug-likeness (QED) is 0.685. The Bertz CT molecular complexity index is 459. The third-order valence-corrected chi connectivity index (χ3v) is 3.66. The van der Waals surface area contributed by atoms with E-state index in [9.17, 15) is 10.1 Å². The molecule has 1 aromatic rings. The molecule has 5 nitrogen and oxygen atoms in total. The van der Waals surface area contributed by atoms with Crippen LogP contribution in [0.3, 0.4) is 0 Å². The van der Waals surface area contributed by atoms with E-state index in [-0.39, 0.29) is 16.1 Å². The number of nitro benzene ring substituents is 1. The van der Waals surface area contributed by atoms with Crippen LogP contribution >= 0.6 is 15.9 Å². The first-order valence-corrected chi connectivity index (χ1v) is 6.55. The summed E-state index contributed by atoms with van der Waals surface area (Å²) in [5.41, 5.74) is 0.742. The number of nitrogens with zero attached hydrogens (tertiary/aromatic N) is 1. The van der Waals surface area contributed by atoms with Gasteiger partial charge in [-0.15, -0.1) is 0 Å². The fraction of sp³-hybridized carbons (Fsp3) is 0.500. The van der Waals surface area contributed by atoms with Crippen molar-refractivity contribution < 1.29 is 9.66 Å². The van der Waals surface area contributed by atoms with Crippen LogP contribution in [0, 0.1) is 10.1 Å². The van der Waals surface area contributed by atoms with Crippen LogP contribution in [0.15, 0.2) is 22.7 Å². The normalized spacial score (nSPS) is 23.2. The van der Waals surface area contributed by atoms with Crippen LogP contribution < -0.4 is 5.32 Å². The van der Waals surface area contributed by atoms with Crippen molar-refractivity contribution in [2.45, 2.75) is 25.4 Å². The van der Waals surface area contributed by atoms with E-state index in [1.54, 1.807) is 12.1 Å². The van der Waals surface area contributed by atoms with Gasteiger partial charge in [-0.3, -0.25) is 10.1 Å². The summed E-state index contributed by atoms with van der Waals surface area (Å²) in [6.07, 6.45) is 0.925. The van der Waals surface area contributed by atoms with E-state index >= 15 is 0 Å². The highest BCUT2D eigenvalue weighted by Crippen LogP contribution is 2.25. The lowest BCUT2D eigenvalue weighted by Gasteiger charge is -2.23. The predicted octanol–water partition coefficient (Wildman–Crippen LogP) is 2.63. The zero-order chi connectivity index (χ0) is 13.2. The number of rotatable bonds is 4. The largest absolute Gasteiger partial charge is 0.379 e. The Morgan fingerprint density at radius 1 is 1.61 bits per heavy atom. The smallest absolute Gasteiger partial charge is 0.273 e. The number of hydrogen-bond acceptors (Lipinski definition) is 4. The molecule has 0 aromatic heterocycles. The highest BCUT2D eigenvalue weighted by molar-refractivity contribution is 9.10. The van der Waals surface area contributed by atoms with E-state index in [2.05, 4.69) is 28.2 Å². The van der Waals surface area contributed by atoms with E-state index in [4.69, 9.17) is 4.74 Å². The van der Waals surface area contributed by atoms with Crippen molar-refractivity contribution in [3.8, 4) is 0 Å². The summed E-state index contributed by atoms with van der Waals surface area (Å²) in [5.74, 6) is 0. The summed E-state index contributed by atoms with van der Waals surface area (Å²) in [6.45, 7) is 3.93. The number of benzene rings is 1. The zero-order valence-electron chi connectivity index (χ0n) is 10.1. The number of ether oxygens (including phenoxy) is 1. The van der Waals surface area contributed by atoms with Crippen LogP contribution in [0.25, 0.3) is 0 Å². The molecule has 98 valence electrons. The Labute approximate surface area is 114 Å². The van der Waals surface area contributed by atoms with Gasteiger partial charge in [0.25, 0.3) is 5.69 Å². The molecule has 0 bridgehead atoms. The molecule has 1 heterocycles. The Morgan fingerprint density at radius 3 is 3.00 bits per heavy atom. The van der Waals surface area contributed by atoms with Gasteiger partial charge in [0.1, 0.15) is 0 Å². The molecule has 0 saturated carbocycles. The maximum Gasteiger partial charge on any atom is 0.273 e. The fourth-order valence-corrected chi connectivity index (χ4v) is 2.40. The van der Waals surface area contributed by atoms with Crippen molar-refractivity contribution >= 4 is 21.6 Å². The summed E-state index contributed by atoms with van der Waals surface area (Å²) in [6, 6.07) is 4.99. The van der Waals surface area contributed by atoms with Gasteiger partial charge in [0, 0.05) is 34.8 Å². The highest BCUT2D eigenvalue weighted by Gasteiger charge is 2.29. The fourth-order valence-electron chi connectivity index (χ4n) is 1.99. The molecule has 1 aromatic carbocycles. The van der Waals surface area contributed by atoms with Gasteiger partial charge in [0.05, 0.1) is 11.5 Å². The molecule has 18 heavy (non-hydrogen) atoms. The van der Waals surface area contributed by atoms with E-state index in [1.807, 2.05) is 0 Å². The average molecular weight is 315 g/mol. The SMILES string of the molecule is CC1(NCc2cc(Br)ccc2[N+](=O)[O-])CCOC1. The molecule has 1 aliphatic rings. The molecule has 1 atom stereocenters. The molecular formula is C12H15BrN2O3. The number of nitro groups is 1. The Balaban J connectivity index is 2.12. The second-order valence-corrected chi connectivity index (χ2v) is 5.66.